The second-order valence-corrected chi connectivity index (χ2v) is 8.43. The largest absolute Gasteiger partial charge is 0.378 e. The molecule has 0 spiro atoms. The molecule has 2 amide bonds. The third kappa shape index (κ3) is 4.94. The molecular weight excluding hydrogens is 435 g/mol. The van der Waals surface area contributed by atoms with Crippen molar-refractivity contribution >= 4 is 29.1 Å². The van der Waals surface area contributed by atoms with Crippen LogP contribution in [-0.4, -0.2) is 73.6 Å². The van der Waals surface area contributed by atoms with Crippen LogP contribution < -0.4 is 10.6 Å². The quantitative estimate of drug-likeness (QED) is 0.670. The maximum absolute atomic E-state index is 14.8. The standard InChI is InChI=1S/C23H26ClFN4O3/c24-18-3-5-19(6-4-18)29(13-17-2-1-16(11-21(17)25)22(30)12-26)23(31)28-9-7-27(8-10-28)20-14-32-15-20/h1-6,11,20H,7-10,12-15,26H2. The molecule has 2 N–H and O–H groups in total. The normalized spacial score (nSPS) is 17.2. The summed E-state index contributed by atoms with van der Waals surface area (Å²) in [5.74, 6) is -0.887. The van der Waals surface area contributed by atoms with Crippen molar-refractivity contribution in [2.45, 2.75) is 12.6 Å². The summed E-state index contributed by atoms with van der Waals surface area (Å²) in [6, 6.07) is 11.4. The molecule has 2 heterocycles. The predicted molar refractivity (Wildman–Crippen MR) is 121 cm³/mol. The van der Waals surface area contributed by atoms with Gasteiger partial charge in [-0.1, -0.05) is 23.7 Å². The molecule has 4 rings (SSSR count). The Hall–Kier alpha value is -2.52. The van der Waals surface area contributed by atoms with E-state index in [0.717, 1.165) is 26.3 Å². The first-order valence-electron chi connectivity index (χ1n) is 10.6. The lowest BCUT2D eigenvalue weighted by Gasteiger charge is -2.43. The van der Waals surface area contributed by atoms with Gasteiger partial charge in [-0.15, -0.1) is 0 Å². The zero-order valence-electron chi connectivity index (χ0n) is 17.7. The zero-order chi connectivity index (χ0) is 22.7. The highest BCUT2D eigenvalue weighted by Crippen LogP contribution is 2.24. The smallest absolute Gasteiger partial charge is 0.324 e. The first kappa shape index (κ1) is 22.7. The van der Waals surface area contributed by atoms with E-state index >= 15 is 0 Å². The maximum Gasteiger partial charge on any atom is 0.324 e. The molecule has 7 nitrogen and oxygen atoms in total. The number of ketones is 1. The zero-order valence-corrected chi connectivity index (χ0v) is 18.4. The monoisotopic (exact) mass is 460 g/mol. The molecule has 2 saturated heterocycles. The fourth-order valence-electron chi connectivity index (χ4n) is 3.91. The number of carbonyl (C=O) groups excluding carboxylic acids is 2. The summed E-state index contributed by atoms with van der Waals surface area (Å²) in [5, 5.41) is 0.549. The van der Waals surface area contributed by atoms with Crippen LogP contribution in [0.2, 0.25) is 5.02 Å². The Morgan fingerprint density at radius 2 is 1.78 bits per heavy atom. The Kier molecular flexibility index (Phi) is 7.05. The lowest BCUT2D eigenvalue weighted by molar-refractivity contribution is -0.0738. The summed E-state index contributed by atoms with van der Waals surface area (Å²) in [6.07, 6.45) is 0. The Morgan fingerprint density at radius 3 is 2.34 bits per heavy atom. The minimum Gasteiger partial charge on any atom is -0.378 e. The van der Waals surface area contributed by atoms with E-state index in [4.69, 9.17) is 22.1 Å². The van der Waals surface area contributed by atoms with E-state index < -0.39 is 5.82 Å². The Labute approximate surface area is 191 Å². The van der Waals surface area contributed by atoms with E-state index in [2.05, 4.69) is 4.90 Å². The summed E-state index contributed by atoms with van der Waals surface area (Å²) in [4.78, 5) is 30.9. The van der Waals surface area contributed by atoms with Gasteiger partial charge >= 0.3 is 6.03 Å². The highest BCUT2D eigenvalue weighted by molar-refractivity contribution is 6.30. The maximum atomic E-state index is 14.8. The molecule has 0 saturated carbocycles. The van der Waals surface area contributed by atoms with E-state index in [1.165, 1.54) is 18.2 Å². The molecular formula is C23H26ClFN4O3. The molecule has 9 heteroatoms. The van der Waals surface area contributed by atoms with E-state index in [-0.39, 0.29) is 30.5 Å². The molecule has 2 fully saturated rings. The molecule has 2 aromatic carbocycles. The van der Waals surface area contributed by atoms with Crippen molar-refractivity contribution in [3.63, 3.8) is 0 Å². The average Bonchev–Trinajstić information content (AvgIpc) is 2.77. The Bertz CT molecular complexity index is 976. The van der Waals surface area contributed by atoms with Gasteiger partial charge in [0.1, 0.15) is 5.82 Å². The molecule has 0 atom stereocenters. The Morgan fingerprint density at radius 1 is 1.09 bits per heavy atom. The number of ether oxygens (including phenoxy) is 1. The van der Waals surface area contributed by atoms with Crippen molar-refractivity contribution in [1.82, 2.24) is 9.80 Å². The third-order valence-corrected chi connectivity index (χ3v) is 6.23. The van der Waals surface area contributed by atoms with Gasteiger partial charge < -0.3 is 15.4 Å². The Balaban J connectivity index is 1.53. The van der Waals surface area contributed by atoms with Crippen LogP contribution >= 0.6 is 11.6 Å². The van der Waals surface area contributed by atoms with Gasteiger partial charge in [-0.3, -0.25) is 14.6 Å². The van der Waals surface area contributed by atoms with Gasteiger partial charge in [-0.05, 0) is 30.3 Å². The number of rotatable bonds is 6. The first-order valence-corrected chi connectivity index (χ1v) is 11.0. The summed E-state index contributed by atoms with van der Waals surface area (Å²) in [5.41, 5.74) is 6.52. The lowest BCUT2D eigenvalue weighted by Crippen LogP contribution is -2.59. The lowest BCUT2D eigenvalue weighted by atomic mass is 10.1. The molecule has 0 aliphatic carbocycles. The van der Waals surface area contributed by atoms with Gasteiger partial charge in [0.2, 0.25) is 0 Å². The number of nitrogens with zero attached hydrogens (tertiary/aromatic N) is 3. The van der Waals surface area contributed by atoms with Crippen molar-refractivity contribution in [3.8, 4) is 0 Å². The van der Waals surface area contributed by atoms with Crippen LogP contribution in [0.25, 0.3) is 0 Å². The summed E-state index contributed by atoms with van der Waals surface area (Å²) < 4.78 is 20.1. The van der Waals surface area contributed by atoms with Crippen LogP contribution in [0.15, 0.2) is 42.5 Å². The average molecular weight is 461 g/mol. The van der Waals surface area contributed by atoms with Crippen LogP contribution in [0.4, 0.5) is 14.9 Å². The van der Waals surface area contributed by atoms with Crippen LogP contribution in [-0.2, 0) is 11.3 Å². The molecule has 0 radical (unpaired) electrons. The first-order chi connectivity index (χ1) is 15.5. The molecule has 32 heavy (non-hydrogen) atoms. The summed E-state index contributed by atoms with van der Waals surface area (Å²) in [7, 11) is 0. The number of piperazine rings is 1. The number of benzene rings is 2. The van der Waals surface area contributed by atoms with Crippen molar-refractivity contribution in [3.05, 3.63) is 64.4 Å². The van der Waals surface area contributed by atoms with Gasteiger partial charge in [0.15, 0.2) is 5.78 Å². The number of Topliss-reactive ketones (excluding diaryl/α,β-unsaturated/α-hetero) is 1. The number of nitrogens with two attached hydrogens (primary N) is 1. The fraction of sp³-hybridized carbons (Fsp3) is 0.391. The van der Waals surface area contributed by atoms with Crippen LogP contribution in [0.3, 0.4) is 0 Å². The van der Waals surface area contributed by atoms with Gasteiger partial charge in [-0.25, -0.2) is 9.18 Å². The van der Waals surface area contributed by atoms with E-state index in [0.29, 0.717) is 35.4 Å². The topological polar surface area (TPSA) is 79.1 Å². The van der Waals surface area contributed by atoms with Gasteiger partial charge in [0.25, 0.3) is 0 Å². The minimum atomic E-state index is -0.550. The highest BCUT2D eigenvalue weighted by Gasteiger charge is 2.32. The number of hydrogen-bond donors (Lipinski definition) is 1. The van der Waals surface area contributed by atoms with Crippen molar-refractivity contribution in [2.75, 3.05) is 50.8 Å². The number of urea groups is 1. The van der Waals surface area contributed by atoms with Crippen molar-refractivity contribution in [1.29, 1.82) is 0 Å². The number of anilines is 1. The van der Waals surface area contributed by atoms with Gasteiger partial charge in [0.05, 0.1) is 32.3 Å². The van der Waals surface area contributed by atoms with Gasteiger partial charge in [0, 0.05) is 48.0 Å². The number of halogens is 2. The van der Waals surface area contributed by atoms with E-state index in [1.54, 1.807) is 34.1 Å². The molecule has 2 aliphatic heterocycles. The molecule has 2 aromatic rings. The fourth-order valence-corrected chi connectivity index (χ4v) is 4.04. The summed E-state index contributed by atoms with van der Waals surface area (Å²) >= 11 is 6.02. The van der Waals surface area contributed by atoms with Crippen molar-refractivity contribution < 1.29 is 18.7 Å². The number of carbonyl (C=O) groups is 2. The van der Waals surface area contributed by atoms with Crippen LogP contribution in [0.5, 0.6) is 0 Å². The van der Waals surface area contributed by atoms with E-state index in [9.17, 15) is 14.0 Å². The number of amides is 2. The number of hydrogen-bond acceptors (Lipinski definition) is 5. The van der Waals surface area contributed by atoms with Crippen LogP contribution in [0, 0.1) is 5.82 Å². The van der Waals surface area contributed by atoms with Gasteiger partial charge in [-0.2, -0.15) is 0 Å². The molecule has 2 aliphatic rings. The molecule has 0 aromatic heterocycles. The second-order valence-electron chi connectivity index (χ2n) is 7.99. The summed E-state index contributed by atoms with van der Waals surface area (Å²) in [6.45, 7) is 4.06. The van der Waals surface area contributed by atoms with E-state index in [1.807, 2.05) is 0 Å². The highest BCUT2D eigenvalue weighted by atomic mass is 35.5. The SMILES string of the molecule is NCC(=O)c1ccc(CN(C(=O)N2CCN(C3COC3)CC2)c2ccc(Cl)cc2)c(F)c1. The van der Waals surface area contributed by atoms with Crippen LogP contribution in [0.1, 0.15) is 15.9 Å². The second kappa shape index (κ2) is 9.95. The predicted octanol–water partition coefficient (Wildman–Crippen LogP) is 2.76. The van der Waals surface area contributed by atoms with Crippen molar-refractivity contribution in [2.24, 2.45) is 5.73 Å². The molecule has 170 valence electrons. The minimum absolute atomic E-state index is 0.0279. The third-order valence-electron chi connectivity index (χ3n) is 5.98. The molecule has 0 unspecified atom stereocenters. The molecule has 0 bridgehead atoms.